The number of alkyl halides is 1. The molecule has 1 atom stereocenters. The molecule has 0 aliphatic rings. The van der Waals surface area contributed by atoms with Crippen LogP contribution in [-0.4, -0.2) is 16.7 Å². The van der Waals surface area contributed by atoms with Gasteiger partial charge in [-0.1, -0.05) is 15.9 Å². The summed E-state index contributed by atoms with van der Waals surface area (Å²) in [6.07, 6.45) is 0.625. The summed E-state index contributed by atoms with van der Waals surface area (Å²) in [5.41, 5.74) is 5.16. The van der Waals surface area contributed by atoms with E-state index in [0.29, 0.717) is 6.42 Å². The average molecular weight is 154 g/mol. The number of hydrogen-bond acceptors (Lipinski definition) is 2. The van der Waals surface area contributed by atoms with E-state index in [4.69, 9.17) is 10.8 Å². The van der Waals surface area contributed by atoms with Crippen LogP contribution in [0.3, 0.4) is 0 Å². The summed E-state index contributed by atoms with van der Waals surface area (Å²) in [4.78, 5) is -0.0394. The number of nitrogens with two attached hydrogens (primary N) is 1. The van der Waals surface area contributed by atoms with Crippen LogP contribution >= 0.6 is 15.9 Å². The Morgan fingerprint density at radius 3 is 2.33 bits per heavy atom. The van der Waals surface area contributed by atoms with Crippen LogP contribution in [-0.2, 0) is 0 Å². The Bertz CT molecular complexity index is 32.0. The zero-order valence-electron chi connectivity index (χ0n) is 3.39. The van der Waals surface area contributed by atoms with E-state index in [2.05, 4.69) is 15.9 Å². The molecule has 0 aromatic rings. The number of hydrogen-bond donors (Lipinski definition) is 2. The van der Waals surface area contributed by atoms with Gasteiger partial charge in [0.25, 0.3) is 0 Å². The number of aliphatic hydroxyl groups excluding tert-OH is 1. The second-order valence-electron chi connectivity index (χ2n) is 1.03. The second kappa shape index (κ2) is 3.59. The quantitative estimate of drug-likeness (QED) is 0.436. The van der Waals surface area contributed by atoms with Crippen LogP contribution < -0.4 is 5.73 Å². The van der Waals surface area contributed by atoms with Crippen LogP contribution in [0.4, 0.5) is 0 Å². The Labute approximate surface area is 45.5 Å². The third-order valence-corrected chi connectivity index (χ3v) is 0.863. The molecule has 0 heterocycles. The minimum Gasteiger partial charge on any atom is -0.396 e. The van der Waals surface area contributed by atoms with Crippen molar-refractivity contribution in [3.8, 4) is 0 Å². The Hall–Kier alpha value is 0.400. The molecule has 1 unspecified atom stereocenters. The van der Waals surface area contributed by atoms with Gasteiger partial charge in [-0.05, 0) is 6.42 Å². The summed E-state index contributed by atoms with van der Waals surface area (Å²) < 4.78 is 0. The van der Waals surface area contributed by atoms with Crippen molar-refractivity contribution in [3.63, 3.8) is 0 Å². The molecule has 0 rings (SSSR count). The molecule has 0 saturated carbocycles. The van der Waals surface area contributed by atoms with Gasteiger partial charge in [0.05, 0.1) is 4.95 Å². The Morgan fingerprint density at radius 1 is 1.83 bits per heavy atom. The maximum absolute atomic E-state index is 8.13. The highest BCUT2D eigenvalue weighted by Gasteiger charge is 1.88. The number of rotatable bonds is 2. The van der Waals surface area contributed by atoms with Crippen molar-refractivity contribution in [1.29, 1.82) is 0 Å². The second-order valence-corrected chi connectivity index (χ2v) is 2.20. The number of halogens is 1. The fourth-order valence-electron chi connectivity index (χ4n) is 0.123. The zero-order valence-corrected chi connectivity index (χ0v) is 4.98. The first kappa shape index (κ1) is 6.40. The third-order valence-electron chi connectivity index (χ3n) is 0.405. The molecule has 3 N–H and O–H groups in total. The lowest BCUT2D eigenvalue weighted by atomic mass is 10.5. The molecule has 0 radical (unpaired) electrons. The molecule has 38 valence electrons. The molecule has 0 bridgehead atoms. The van der Waals surface area contributed by atoms with Crippen LogP contribution in [0.25, 0.3) is 0 Å². The smallest absolute Gasteiger partial charge is 0.0627 e. The van der Waals surface area contributed by atoms with Crippen LogP contribution in [0, 0.1) is 0 Å². The van der Waals surface area contributed by atoms with E-state index in [1.54, 1.807) is 0 Å². The van der Waals surface area contributed by atoms with Crippen LogP contribution in [0.15, 0.2) is 0 Å². The maximum Gasteiger partial charge on any atom is 0.0627 e. The van der Waals surface area contributed by atoms with Crippen molar-refractivity contribution < 1.29 is 5.11 Å². The summed E-state index contributed by atoms with van der Waals surface area (Å²) in [6.45, 7) is 0.159. The SMILES string of the molecule is NC(Br)CCO. The monoisotopic (exact) mass is 153 g/mol. The first-order valence-electron chi connectivity index (χ1n) is 1.78. The predicted molar refractivity (Wildman–Crippen MR) is 28.6 cm³/mol. The zero-order chi connectivity index (χ0) is 4.99. The first-order chi connectivity index (χ1) is 2.77. The molecule has 0 aliphatic carbocycles. The van der Waals surface area contributed by atoms with Gasteiger partial charge in [0.15, 0.2) is 0 Å². The molecule has 0 fully saturated rings. The highest BCUT2D eigenvalue weighted by atomic mass is 79.9. The average Bonchev–Trinajstić information content (AvgIpc) is 1.35. The molecular formula is C3H8BrNO. The van der Waals surface area contributed by atoms with Crippen molar-refractivity contribution in [2.24, 2.45) is 5.73 Å². The Balaban J connectivity index is 2.63. The fraction of sp³-hybridized carbons (Fsp3) is 1.00. The lowest BCUT2D eigenvalue weighted by Crippen LogP contribution is -2.11. The normalized spacial score (nSPS) is 14.5. The molecule has 0 spiro atoms. The van der Waals surface area contributed by atoms with E-state index in [0.717, 1.165) is 0 Å². The lowest BCUT2D eigenvalue weighted by molar-refractivity contribution is 0.288. The summed E-state index contributed by atoms with van der Waals surface area (Å²) >= 11 is 3.05. The molecule has 3 heteroatoms. The van der Waals surface area contributed by atoms with Gasteiger partial charge in [-0.2, -0.15) is 0 Å². The summed E-state index contributed by atoms with van der Waals surface area (Å²) in [7, 11) is 0. The predicted octanol–water partition coefficient (Wildman–Crippen LogP) is 0.0485. The minimum atomic E-state index is -0.0394. The minimum absolute atomic E-state index is 0.0394. The standard InChI is InChI=1S/C3H8BrNO/c4-3(5)1-2-6/h3,6H,1-2,5H2. The van der Waals surface area contributed by atoms with E-state index in [-0.39, 0.29) is 11.6 Å². The van der Waals surface area contributed by atoms with Gasteiger partial charge in [-0.15, -0.1) is 0 Å². The molecule has 0 amide bonds. The maximum atomic E-state index is 8.13. The van der Waals surface area contributed by atoms with Crippen LogP contribution in [0.2, 0.25) is 0 Å². The molecule has 2 nitrogen and oxygen atoms in total. The highest BCUT2D eigenvalue weighted by Crippen LogP contribution is 1.92. The number of aliphatic hydroxyl groups is 1. The van der Waals surface area contributed by atoms with Crippen LogP contribution in [0.1, 0.15) is 6.42 Å². The topological polar surface area (TPSA) is 46.2 Å². The van der Waals surface area contributed by atoms with Gasteiger partial charge < -0.3 is 10.8 Å². The van der Waals surface area contributed by atoms with E-state index in [9.17, 15) is 0 Å². The van der Waals surface area contributed by atoms with Gasteiger partial charge in [0, 0.05) is 6.61 Å². The Kier molecular flexibility index (Phi) is 3.82. The van der Waals surface area contributed by atoms with Crippen molar-refractivity contribution >= 4 is 15.9 Å². The molecular weight excluding hydrogens is 146 g/mol. The first-order valence-corrected chi connectivity index (χ1v) is 2.69. The molecule has 0 aromatic carbocycles. The van der Waals surface area contributed by atoms with Gasteiger partial charge in [0.2, 0.25) is 0 Å². The van der Waals surface area contributed by atoms with Crippen LogP contribution in [0.5, 0.6) is 0 Å². The molecule has 0 saturated heterocycles. The van der Waals surface area contributed by atoms with Crippen molar-refractivity contribution in [2.45, 2.75) is 11.4 Å². The summed E-state index contributed by atoms with van der Waals surface area (Å²) in [6, 6.07) is 0. The van der Waals surface area contributed by atoms with Crippen molar-refractivity contribution in [1.82, 2.24) is 0 Å². The van der Waals surface area contributed by atoms with Gasteiger partial charge in [0.1, 0.15) is 0 Å². The van der Waals surface area contributed by atoms with E-state index >= 15 is 0 Å². The molecule has 6 heavy (non-hydrogen) atoms. The highest BCUT2D eigenvalue weighted by molar-refractivity contribution is 9.09. The molecule has 0 aliphatic heterocycles. The van der Waals surface area contributed by atoms with E-state index in [1.165, 1.54) is 0 Å². The largest absolute Gasteiger partial charge is 0.396 e. The van der Waals surface area contributed by atoms with E-state index < -0.39 is 0 Å². The summed E-state index contributed by atoms with van der Waals surface area (Å²) in [5.74, 6) is 0. The lowest BCUT2D eigenvalue weighted by Gasteiger charge is -1.94. The van der Waals surface area contributed by atoms with Crippen molar-refractivity contribution in [2.75, 3.05) is 6.61 Å². The molecule has 0 aromatic heterocycles. The van der Waals surface area contributed by atoms with Gasteiger partial charge in [-0.25, -0.2) is 0 Å². The fourth-order valence-corrected chi connectivity index (χ4v) is 0.328. The van der Waals surface area contributed by atoms with E-state index in [1.807, 2.05) is 0 Å². The van der Waals surface area contributed by atoms with Gasteiger partial charge >= 0.3 is 0 Å². The third kappa shape index (κ3) is 4.40. The Morgan fingerprint density at radius 2 is 2.33 bits per heavy atom. The van der Waals surface area contributed by atoms with Gasteiger partial charge in [-0.3, -0.25) is 0 Å². The van der Waals surface area contributed by atoms with Crippen molar-refractivity contribution in [3.05, 3.63) is 0 Å². The summed E-state index contributed by atoms with van der Waals surface area (Å²) in [5, 5.41) is 8.13.